The number of nitrogens with zero attached hydrogens (tertiary/aromatic N) is 2. The molecule has 2 N–H and O–H groups in total. The van der Waals surface area contributed by atoms with Crippen molar-refractivity contribution in [1.29, 1.82) is 0 Å². The summed E-state index contributed by atoms with van der Waals surface area (Å²) in [5.74, 6) is -2.18. The Morgan fingerprint density at radius 3 is 2.38 bits per heavy atom. The van der Waals surface area contributed by atoms with Crippen LogP contribution < -0.4 is 10.9 Å². The van der Waals surface area contributed by atoms with Gasteiger partial charge in [0.05, 0.1) is 15.6 Å². The van der Waals surface area contributed by atoms with Gasteiger partial charge in [-0.15, -0.1) is 0 Å². The molecule has 0 aliphatic heterocycles. The molecule has 1 aromatic heterocycles. The van der Waals surface area contributed by atoms with Crippen molar-refractivity contribution in [2.24, 2.45) is 5.92 Å². The van der Waals surface area contributed by atoms with Gasteiger partial charge in [0, 0.05) is 25.8 Å². The number of carbonyl (C=O) groups is 2. The van der Waals surface area contributed by atoms with Gasteiger partial charge in [-0.05, 0) is 39.3 Å². The highest BCUT2D eigenvalue weighted by molar-refractivity contribution is 7.73. The predicted molar refractivity (Wildman–Crippen MR) is 111 cm³/mol. The Labute approximate surface area is 174 Å². The maximum atomic E-state index is 13.1. The molecule has 1 aliphatic carbocycles. The third-order valence-corrected chi connectivity index (χ3v) is 5.83. The van der Waals surface area contributed by atoms with E-state index >= 15 is 0 Å². The second-order valence-corrected chi connectivity index (χ2v) is 7.67. The maximum Gasteiger partial charge on any atom is 0.321 e. The summed E-state index contributed by atoms with van der Waals surface area (Å²) in [6.07, 6.45) is 2.50. The van der Waals surface area contributed by atoms with Crippen molar-refractivity contribution >= 4 is 38.6 Å². The number of rotatable bonds is 6. The van der Waals surface area contributed by atoms with Crippen molar-refractivity contribution in [3.05, 3.63) is 44.5 Å². The minimum absolute atomic E-state index is 0.154. The Balaban J connectivity index is 2.58. The topological polar surface area (TPSA) is 121 Å². The van der Waals surface area contributed by atoms with Gasteiger partial charge in [-0.25, -0.2) is 4.79 Å². The first kappa shape index (κ1) is 22.7. The molecule has 1 aromatic rings. The number of aromatic amines is 1. The number of Topliss-reactive ketones (excluding diaryl/α,β-unsaturated/α-hetero) is 1. The summed E-state index contributed by atoms with van der Waals surface area (Å²) in [7, 11) is -2.75. The first-order chi connectivity index (χ1) is 13.7. The van der Waals surface area contributed by atoms with Gasteiger partial charge >= 0.3 is 6.03 Å². The SMILES string of the molecule is CCN(CC)C(=O)NC1=C(Cl)C(C(=O)c2c[nH]n(CC)c2=O)C(=S(=O)=O)C=C1C. The highest BCUT2D eigenvalue weighted by Gasteiger charge is 2.36. The second kappa shape index (κ2) is 9.27. The summed E-state index contributed by atoms with van der Waals surface area (Å²) in [5, 5.41) is 5.16. The standard InChI is InChI=1S/C18H23ClN4O5S/c1-5-22(6-2)18(26)21-15-10(4)8-12(29(27)28)13(14(15)19)16(24)11-9-20-23(7-3)17(11)25/h8-9,13,20H,5-7H2,1-4H3,(H,21,26). The molecule has 1 aliphatic rings. The van der Waals surface area contributed by atoms with Gasteiger partial charge in [0.15, 0.2) is 5.78 Å². The Bertz CT molecular complexity index is 1080. The molecule has 0 saturated heterocycles. The number of hydrogen-bond donors (Lipinski definition) is 2. The molecule has 0 aromatic carbocycles. The van der Waals surface area contributed by atoms with Gasteiger partial charge in [-0.1, -0.05) is 11.6 Å². The van der Waals surface area contributed by atoms with Crippen LogP contribution in [-0.2, 0) is 16.8 Å². The molecule has 1 unspecified atom stereocenters. The van der Waals surface area contributed by atoms with Crippen molar-refractivity contribution in [3.63, 3.8) is 0 Å². The average Bonchev–Trinajstić information content (AvgIpc) is 3.05. The van der Waals surface area contributed by atoms with Crippen LogP contribution in [0.3, 0.4) is 0 Å². The first-order valence-corrected chi connectivity index (χ1v) is 10.6. The van der Waals surface area contributed by atoms with Crippen molar-refractivity contribution in [3.8, 4) is 0 Å². The predicted octanol–water partition coefficient (Wildman–Crippen LogP) is 1.51. The maximum absolute atomic E-state index is 13.1. The average molecular weight is 443 g/mol. The normalized spacial score (nSPS) is 16.5. The summed E-state index contributed by atoms with van der Waals surface area (Å²) in [5.41, 5.74) is -0.236. The zero-order valence-electron chi connectivity index (χ0n) is 16.6. The van der Waals surface area contributed by atoms with Crippen molar-refractivity contribution in [1.82, 2.24) is 20.0 Å². The lowest BCUT2D eigenvalue weighted by Gasteiger charge is -2.26. The van der Waals surface area contributed by atoms with Crippen LogP contribution in [-0.4, -0.2) is 52.9 Å². The Hall–Kier alpha value is -2.59. The summed E-state index contributed by atoms with van der Waals surface area (Å²) >= 11 is 6.43. The molecule has 29 heavy (non-hydrogen) atoms. The zero-order chi connectivity index (χ0) is 21.9. The largest absolute Gasteiger partial charge is 0.325 e. The van der Waals surface area contributed by atoms with Gasteiger partial charge in [0.25, 0.3) is 5.56 Å². The van der Waals surface area contributed by atoms with E-state index in [1.807, 2.05) is 13.8 Å². The van der Waals surface area contributed by atoms with Crippen molar-refractivity contribution in [2.45, 2.75) is 34.2 Å². The summed E-state index contributed by atoms with van der Waals surface area (Å²) in [6, 6.07) is -0.427. The van der Waals surface area contributed by atoms with Gasteiger partial charge in [0.1, 0.15) is 11.5 Å². The molecular formula is C18H23ClN4O5S. The molecule has 1 heterocycles. The molecule has 1 atom stereocenters. The first-order valence-electron chi connectivity index (χ1n) is 9.10. The number of H-pyrrole nitrogens is 1. The monoisotopic (exact) mass is 442 g/mol. The Morgan fingerprint density at radius 1 is 1.28 bits per heavy atom. The highest BCUT2D eigenvalue weighted by atomic mass is 35.5. The number of allylic oxidation sites excluding steroid dienone is 3. The van der Waals surface area contributed by atoms with Gasteiger partial charge in [0.2, 0.25) is 10.3 Å². The fraction of sp³-hybridized carbons (Fsp3) is 0.444. The number of hydrogen-bond acceptors (Lipinski definition) is 5. The molecule has 11 heteroatoms. The molecule has 9 nitrogen and oxygen atoms in total. The molecule has 0 saturated carbocycles. The number of nitrogens with one attached hydrogen (secondary N) is 2. The van der Waals surface area contributed by atoms with Crippen LogP contribution in [0.15, 0.2) is 33.4 Å². The van der Waals surface area contributed by atoms with Crippen LogP contribution in [0.4, 0.5) is 4.79 Å². The van der Waals surface area contributed by atoms with Crippen LogP contribution in [0.5, 0.6) is 0 Å². The number of ketones is 1. The lowest BCUT2D eigenvalue weighted by molar-refractivity contribution is 0.0969. The van der Waals surface area contributed by atoms with Crippen LogP contribution in [0, 0.1) is 5.92 Å². The van der Waals surface area contributed by atoms with Crippen molar-refractivity contribution < 1.29 is 18.0 Å². The Morgan fingerprint density at radius 2 is 1.90 bits per heavy atom. The van der Waals surface area contributed by atoms with Crippen LogP contribution >= 0.6 is 11.6 Å². The van der Waals surface area contributed by atoms with E-state index in [0.29, 0.717) is 25.2 Å². The quantitative estimate of drug-likeness (QED) is 0.510. The third-order valence-electron chi connectivity index (χ3n) is 4.69. The minimum atomic E-state index is -2.75. The zero-order valence-corrected chi connectivity index (χ0v) is 18.1. The number of aryl methyl sites for hydroxylation is 1. The summed E-state index contributed by atoms with van der Waals surface area (Å²) < 4.78 is 24.7. The highest BCUT2D eigenvalue weighted by Crippen LogP contribution is 2.32. The molecule has 0 spiro atoms. The molecule has 0 radical (unpaired) electrons. The minimum Gasteiger partial charge on any atom is -0.325 e. The van der Waals surface area contributed by atoms with Crippen LogP contribution in [0.25, 0.3) is 0 Å². The van der Waals surface area contributed by atoms with Gasteiger partial charge in [-0.3, -0.25) is 14.3 Å². The van der Waals surface area contributed by atoms with E-state index in [1.54, 1.807) is 13.8 Å². The van der Waals surface area contributed by atoms with E-state index in [9.17, 15) is 22.8 Å². The Kier molecular flexibility index (Phi) is 7.26. The van der Waals surface area contributed by atoms with E-state index in [1.165, 1.54) is 21.9 Å². The van der Waals surface area contributed by atoms with Gasteiger partial charge < -0.3 is 15.3 Å². The number of amides is 2. The fourth-order valence-electron chi connectivity index (χ4n) is 3.05. The molecule has 0 fully saturated rings. The number of aromatic nitrogens is 2. The summed E-state index contributed by atoms with van der Waals surface area (Å²) in [4.78, 5) is 39.1. The number of urea groups is 1. The third kappa shape index (κ3) is 4.38. The lowest BCUT2D eigenvalue weighted by atomic mass is 9.88. The van der Waals surface area contributed by atoms with E-state index in [4.69, 9.17) is 11.6 Å². The van der Waals surface area contributed by atoms with Crippen LogP contribution in [0.2, 0.25) is 0 Å². The van der Waals surface area contributed by atoms with Crippen molar-refractivity contribution in [2.75, 3.05) is 13.1 Å². The van der Waals surface area contributed by atoms with E-state index < -0.39 is 33.6 Å². The number of carbonyl (C=O) groups excluding carboxylic acids is 2. The number of halogens is 1. The smallest absolute Gasteiger partial charge is 0.321 e. The molecule has 2 amide bonds. The molecule has 2 rings (SSSR count). The molecule has 158 valence electrons. The fourth-order valence-corrected chi connectivity index (χ4v) is 4.21. The molecule has 0 bridgehead atoms. The van der Waals surface area contributed by atoms with E-state index in [-0.39, 0.29) is 21.2 Å². The van der Waals surface area contributed by atoms with Gasteiger partial charge in [-0.2, -0.15) is 8.42 Å². The van der Waals surface area contributed by atoms with E-state index in [2.05, 4.69) is 10.4 Å². The lowest BCUT2D eigenvalue weighted by Crippen LogP contribution is -2.41. The van der Waals surface area contributed by atoms with Crippen LogP contribution in [0.1, 0.15) is 38.1 Å². The summed E-state index contributed by atoms with van der Waals surface area (Å²) in [6.45, 7) is 8.15. The van der Waals surface area contributed by atoms with E-state index in [0.717, 1.165) is 0 Å². The molecular weight excluding hydrogens is 420 g/mol. The second-order valence-electron chi connectivity index (χ2n) is 6.32.